The zero-order chi connectivity index (χ0) is 19.3. The Bertz CT molecular complexity index is 1120. The summed E-state index contributed by atoms with van der Waals surface area (Å²) >= 11 is 1.31. The van der Waals surface area contributed by atoms with E-state index in [1.54, 1.807) is 4.57 Å². The van der Waals surface area contributed by atoms with Crippen LogP contribution in [0.5, 0.6) is 0 Å². The molecule has 1 aliphatic rings. The molecule has 4 heterocycles. The lowest BCUT2D eigenvalue weighted by molar-refractivity contribution is 0.0955. The summed E-state index contributed by atoms with van der Waals surface area (Å²) in [7, 11) is 0. The molecule has 8 heteroatoms. The second-order valence-corrected chi connectivity index (χ2v) is 8.10. The van der Waals surface area contributed by atoms with Gasteiger partial charge in [0.25, 0.3) is 11.5 Å². The van der Waals surface area contributed by atoms with Gasteiger partial charge in [-0.05, 0) is 45.2 Å². The number of rotatable bonds is 4. The first-order chi connectivity index (χ1) is 12.9. The zero-order valence-corrected chi connectivity index (χ0v) is 16.9. The quantitative estimate of drug-likeness (QED) is 0.747. The Morgan fingerprint density at radius 3 is 2.70 bits per heavy atom. The second-order valence-electron chi connectivity index (χ2n) is 7.10. The second kappa shape index (κ2) is 6.60. The van der Waals surface area contributed by atoms with Crippen molar-refractivity contribution in [3.63, 3.8) is 0 Å². The van der Waals surface area contributed by atoms with Crippen molar-refractivity contribution in [2.24, 2.45) is 0 Å². The minimum absolute atomic E-state index is 0.0154. The highest BCUT2D eigenvalue weighted by Crippen LogP contribution is 2.28. The number of hydrogen-bond acceptors (Lipinski definition) is 5. The molecule has 142 valence electrons. The zero-order valence-electron chi connectivity index (χ0n) is 16.0. The lowest BCUT2D eigenvalue weighted by atomic mass is 10.2. The van der Waals surface area contributed by atoms with Gasteiger partial charge in [-0.15, -0.1) is 11.3 Å². The van der Waals surface area contributed by atoms with Crippen LogP contribution in [0.15, 0.2) is 4.79 Å². The first kappa shape index (κ1) is 17.9. The van der Waals surface area contributed by atoms with Crippen LogP contribution in [0.1, 0.15) is 44.4 Å². The molecular weight excluding hydrogens is 362 g/mol. The van der Waals surface area contributed by atoms with Crippen LogP contribution in [0, 0.1) is 27.7 Å². The summed E-state index contributed by atoms with van der Waals surface area (Å²) in [6, 6.07) is 0. The van der Waals surface area contributed by atoms with E-state index in [0.717, 1.165) is 42.2 Å². The van der Waals surface area contributed by atoms with Gasteiger partial charge in [-0.3, -0.25) is 18.8 Å². The Morgan fingerprint density at radius 2 is 2.00 bits per heavy atom. The molecule has 0 bridgehead atoms. The summed E-state index contributed by atoms with van der Waals surface area (Å²) in [5.41, 5.74) is 4.03. The molecule has 7 nitrogen and oxygen atoms in total. The van der Waals surface area contributed by atoms with Crippen LogP contribution < -0.4 is 10.9 Å². The van der Waals surface area contributed by atoms with Crippen molar-refractivity contribution in [1.29, 1.82) is 0 Å². The van der Waals surface area contributed by atoms with Gasteiger partial charge in [0.15, 0.2) is 0 Å². The summed E-state index contributed by atoms with van der Waals surface area (Å²) in [6.07, 6.45) is 1.78. The molecule has 0 radical (unpaired) electrons. The largest absolute Gasteiger partial charge is 0.349 e. The third-order valence-corrected chi connectivity index (χ3v) is 6.65. The molecule has 1 aliphatic heterocycles. The topological polar surface area (TPSA) is 81.8 Å². The minimum atomic E-state index is -0.154. The lowest BCUT2D eigenvalue weighted by Gasteiger charge is -2.07. The van der Waals surface area contributed by atoms with Crippen molar-refractivity contribution >= 4 is 27.5 Å². The molecule has 1 amide bonds. The number of amides is 1. The molecule has 3 aromatic heterocycles. The van der Waals surface area contributed by atoms with Gasteiger partial charge in [0.2, 0.25) is 0 Å². The molecule has 0 saturated heterocycles. The van der Waals surface area contributed by atoms with Crippen LogP contribution in [0.4, 0.5) is 0 Å². The Hall–Kier alpha value is -2.48. The van der Waals surface area contributed by atoms with Crippen LogP contribution in [0.2, 0.25) is 0 Å². The van der Waals surface area contributed by atoms with Crippen molar-refractivity contribution in [1.82, 2.24) is 24.6 Å². The Morgan fingerprint density at radius 1 is 1.22 bits per heavy atom. The van der Waals surface area contributed by atoms with Crippen molar-refractivity contribution in [2.45, 2.75) is 53.6 Å². The SMILES string of the molecule is Cc1nn(CCNC(=O)c2sc3nc4n(c(=O)c3c2C)CCC4)c(C)c1C. The average Bonchev–Trinajstić information content (AvgIpc) is 3.30. The predicted octanol–water partition coefficient (Wildman–Crippen LogP) is 2.26. The van der Waals surface area contributed by atoms with Crippen LogP contribution in [0.25, 0.3) is 10.2 Å². The molecule has 0 aliphatic carbocycles. The van der Waals surface area contributed by atoms with Gasteiger partial charge in [0.05, 0.1) is 22.5 Å². The molecule has 0 unspecified atom stereocenters. The number of nitrogens with one attached hydrogen (secondary N) is 1. The molecular formula is C19H23N5O2S. The molecule has 0 fully saturated rings. The van der Waals surface area contributed by atoms with Crippen molar-refractivity contribution in [2.75, 3.05) is 6.54 Å². The fourth-order valence-corrected chi connectivity index (χ4v) is 4.76. The van der Waals surface area contributed by atoms with E-state index >= 15 is 0 Å². The van der Waals surface area contributed by atoms with Gasteiger partial charge >= 0.3 is 0 Å². The van der Waals surface area contributed by atoms with E-state index in [1.165, 1.54) is 16.9 Å². The molecule has 4 rings (SSSR count). The lowest BCUT2D eigenvalue weighted by Crippen LogP contribution is -2.27. The van der Waals surface area contributed by atoms with E-state index in [-0.39, 0.29) is 11.5 Å². The van der Waals surface area contributed by atoms with E-state index in [1.807, 2.05) is 25.5 Å². The Labute approximate surface area is 161 Å². The number of fused-ring (bicyclic) bond motifs is 2. The molecule has 27 heavy (non-hydrogen) atoms. The summed E-state index contributed by atoms with van der Waals surface area (Å²) in [4.78, 5) is 31.3. The van der Waals surface area contributed by atoms with E-state index in [4.69, 9.17) is 0 Å². The number of aryl methyl sites for hydroxylation is 3. The number of hydrogen-bond donors (Lipinski definition) is 1. The van der Waals surface area contributed by atoms with Gasteiger partial charge in [-0.25, -0.2) is 4.98 Å². The molecule has 0 aromatic carbocycles. The molecule has 0 atom stereocenters. The van der Waals surface area contributed by atoms with Crippen LogP contribution >= 0.6 is 11.3 Å². The van der Waals surface area contributed by atoms with Gasteiger partial charge in [0.1, 0.15) is 10.7 Å². The summed E-state index contributed by atoms with van der Waals surface area (Å²) in [5, 5.41) is 8.04. The molecule has 3 aromatic rings. The van der Waals surface area contributed by atoms with Crippen molar-refractivity contribution in [3.05, 3.63) is 43.6 Å². The van der Waals surface area contributed by atoms with E-state index in [9.17, 15) is 9.59 Å². The average molecular weight is 385 g/mol. The number of thiophene rings is 1. The fourth-order valence-electron chi connectivity index (χ4n) is 3.65. The predicted molar refractivity (Wildman–Crippen MR) is 106 cm³/mol. The standard InChI is InChI=1S/C19H23N5O2S/c1-10-12(3)22-24(13(10)4)9-7-20-17(25)16-11(2)15-18(27-16)21-14-6-5-8-23(14)19(15)26/h5-9H2,1-4H3,(H,20,25). The summed E-state index contributed by atoms with van der Waals surface area (Å²) in [6.45, 7) is 9.73. The summed E-state index contributed by atoms with van der Waals surface area (Å²) < 4.78 is 3.66. The first-order valence-corrected chi connectivity index (χ1v) is 10.0. The van der Waals surface area contributed by atoms with E-state index < -0.39 is 0 Å². The number of carbonyl (C=O) groups is 1. The van der Waals surface area contributed by atoms with Crippen LogP contribution in [-0.2, 0) is 19.5 Å². The third-order valence-electron chi connectivity index (χ3n) is 5.47. The first-order valence-electron chi connectivity index (χ1n) is 9.20. The van der Waals surface area contributed by atoms with Gasteiger partial charge in [-0.1, -0.05) is 0 Å². The molecule has 0 spiro atoms. The smallest absolute Gasteiger partial charge is 0.262 e. The Balaban J connectivity index is 1.54. The normalized spacial score (nSPS) is 13.3. The van der Waals surface area contributed by atoms with Gasteiger partial charge in [0, 0.05) is 25.2 Å². The molecule has 1 N–H and O–H groups in total. The third kappa shape index (κ3) is 2.88. The van der Waals surface area contributed by atoms with Gasteiger partial charge < -0.3 is 5.32 Å². The maximum atomic E-state index is 12.7. The van der Waals surface area contributed by atoms with Crippen molar-refractivity contribution < 1.29 is 4.79 Å². The van der Waals surface area contributed by atoms with Crippen LogP contribution in [-0.4, -0.2) is 31.8 Å². The highest BCUT2D eigenvalue weighted by molar-refractivity contribution is 7.20. The highest BCUT2D eigenvalue weighted by Gasteiger charge is 2.23. The van der Waals surface area contributed by atoms with E-state index in [0.29, 0.717) is 28.2 Å². The summed E-state index contributed by atoms with van der Waals surface area (Å²) in [5.74, 6) is 0.680. The van der Waals surface area contributed by atoms with Crippen LogP contribution in [0.3, 0.4) is 0 Å². The highest BCUT2D eigenvalue weighted by atomic mass is 32.1. The number of aromatic nitrogens is 4. The van der Waals surface area contributed by atoms with E-state index in [2.05, 4.69) is 22.3 Å². The fraction of sp³-hybridized carbons (Fsp3) is 0.474. The number of nitrogens with zero attached hydrogens (tertiary/aromatic N) is 4. The maximum absolute atomic E-state index is 12.7. The Kier molecular flexibility index (Phi) is 4.38. The minimum Gasteiger partial charge on any atom is -0.349 e. The number of carbonyl (C=O) groups excluding carboxylic acids is 1. The molecule has 0 saturated carbocycles. The monoisotopic (exact) mass is 385 g/mol. The van der Waals surface area contributed by atoms with Crippen molar-refractivity contribution in [3.8, 4) is 0 Å². The maximum Gasteiger partial charge on any atom is 0.262 e. The van der Waals surface area contributed by atoms with Gasteiger partial charge in [-0.2, -0.15) is 5.10 Å².